The molecule has 1 amide bonds. The molecule has 0 saturated carbocycles. The van der Waals surface area contributed by atoms with E-state index in [1.807, 2.05) is 0 Å². The number of hydrogen-bond acceptors (Lipinski definition) is 7. The smallest absolute Gasteiger partial charge is 0.267 e. The second-order valence-electron chi connectivity index (χ2n) is 9.36. The lowest BCUT2D eigenvalue weighted by Gasteiger charge is -2.20. The fourth-order valence-electron chi connectivity index (χ4n) is 4.46. The van der Waals surface area contributed by atoms with Gasteiger partial charge in [0, 0.05) is 32.1 Å². The highest BCUT2D eigenvalue weighted by atomic mass is 19.1. The molecule has 3 aromatic heterocycles. The van der Waals surface area contributed by atoms with Crippen molar-refractivity contribution < 1.29 is 9.18 Å². The van der Waals surface area contributed by atoms with Gasteiger partial charge in [-0.15, -0.1) is 0 Å². The molecule has 5 rings (SSSR count). The van der Waals surface area contributed by atoms with E-state index in [1.165, 1.54) is 45.8 Å². The van der Waals surface area contributed by atoms with Gasteiger partial charge in [0.25, 0.3) is 11.5 Å². The van der Waals surface area contributed by atoms with Crippen LogP contribution in [0, 0.1) is 17.7 Å². The van der Waals surface area contributed by atoms with Gasteiger partial charge in [0.2, 0.25) is 0 Å². The average Bonchev–Trinajstić information content (AvgIpc) is 3.51. The fraction of sp³-hybridized carbons (Fsp3) is 0.133. The van der Waals surface area contributed by atoms with Crippen molar-refractivity contribution in [2.24, 2.45) is 19.1 Å². The molecule has 0 saturated heterocycles. The van der Waals surface area contributed by atoms with Crippen molar-refractivity contribution in [1.82, 2.24) is 34.4 Å². The zero-order chi connectivity index (χ0) is 30.0. The van der Waals surface area contributed by atoms with E-state index >= 15 is 0 Å². The molecule has 0 aliphatic rings. The number of aliphatic imine (C=N–C) groups is 1. The van der Waals surface area contributed by atoms with E-state index in [-0.39, 0.29) is 28.4 Å². The predicted molar refractivity (Wildman–Crippen MR) is 158 cm³/mol. The molecule has 1 atom stereocenters. The van der Waals surface area contributed by atoms with Crippen LogP contribution in [0.4, 0.5) is 16.0 Å². The number of aromatic nitrogens is 6. The van der Waals surface area contributed by atoms with Crippen molar-refractivity contribution in [3.63, 3.8) is 0 Å². The highest BCUT2D eigenvalue weighted by molar-refractivity contribution is 6.03. The molecule has 3 N–H and O–H groups in total. The number of fused-ring (bicyclic) bond motifs is 1. The topological polar surface area (TPSA) is 138 Å². The summed E-state index contributed by atoms with van der Waals surface area (Å²) in [5, 5.41) is 11.4. The maximum Gasteiger partial charge on any atom is 0.267 e. The van der Waals surface area contributed by atoms with Gasteiger partial charge in [-0.3, -0.25) is 18.8 Å². The van der Waals surface area contributed by atoms with Crippen LogP contribution in [0.25, 0.3) is 16.6 Å². The Bertz CT molecular complexity index is 1990. The normalized spacial score (nSPS) is 11.8. The largest absolute Gasteiger partial charge is 0.381 e. The number of rotatable bonds is 6. The number of nitrogens with two attached hydrogens (primary N) is 1. The monoisotopic (exact) mass is 563 g/mol. The average molecular weight is 564 g/mol. The Morgan fingerprint density at radius 2 is 1.95 bits per heavy atom. The minimum atomic E-state index is -0.805. The molecule has 210 valence electrons. The van der Waals surface area contributed by atoms with Gasteiger partial charge in [-0.2, -0.15) is 10.2 Å². The third-order valence-electron chi connectivity index (χ3n) is 6.36. The molecule has 42 heavy (non-hydrogen) atoms. The SMILES string of the molecule is C=C/C=N\c1c(C(=O)NC(C)c2nc3cccc(C#Cc4cnn(C)c4)c3c(=O)n2-c2ccc(F)cc2)c(N)nn1C. The summed E-state index contributed by atoms with van der Waals surface area (Å²) in [6.45, 7) is 5.28. The predicted octanol–water partition coefficient (Wildman–Crippen LogP) is 3.35. The van der Waals surface area contributed by atoms with Crippen molar-refractivity contribution in [2.45, 2.75) is 13.0 Å². The first-order valence-corrected chi connectivity index (χ1v) is 12.8. The molecule has 2 aromatic carbocycles. The van der Waals surface area contributed by atoms with Crippen molar-refractivity contribution >= 4 is 34.7 Å². The molecular formula is C30H26FN9O2. The number of carbonyl (C=O) groups is 1. The zero-order valence-electron chi connectivity index (χ0n) is 23.0. The minimum absolute atomic E-state index is 0.0161. The lowest BCUT2D eigenvalue weighted by atomic mass is 10.1. The molecule has 0 spiro atoms. The summed E-state index contributed by atoms with van der Waals surface area (Å²) < 4.78 is 18.2. The molecule has 0 radical (unpaired) electrons. The molecule has 0 fully saturated rings. The molecule has 11 nitrogen and oxygen atoms in total. The van der Waals surface area contributed by atoms with Gasteiger partial charge in [0.1, 0.15) is 17.2 Å². The van der Waals surface area contributed by atoms with Gasteiger partial charge in [0.05, 0.1) is 34.4 Å². The quantitative estimate of drug-likeness (QED) is 0.240. The van der Waals surface area contributed by atoms with Crippen LogP contribution in [-0.2, 0) is 14.1 Å². The summed E-state index contributed by atoms with van der Waals surface area (Å²) in [4.78, 5) is 36.6. The van der Waals surface area contributed by atoms with Crippen LogP contribution in [0.1, 0.15) is 40.3 Å². The number of anilines is 1. The lowest BCUT2D eigenvalue weighted by Crippen LogP contribution is -2.33. The first-order chi connectivity index (χ1) is 20.2. The molecule has 5 aromatic rings. The molecular weight excluding hydrogens is 537 g/mol. The van der Waals surface area contributed by atoms with Crippen molar-refractivity contribution in [3.8, 4) is 17.5 Å². The van der Waals surface area contributed by atoms with E-state index in [9.17, 15) is 14.0 Å². The van der Waals surface area contributed by atoms with Crippen LogP contribution in [0.3, 0.4) is 0 Å². The second-order valence-corrected chi connectivity index (χ2v) is 9.36. The number of nitrogens with one attached hydrogen (secondary N) is 1. The van der Waals surface area contributed by atoms with E-state index in [4.69, 9.17) is 10.7 Å². The third-order valence-corrected chi connectivity index (χ3v) is 6.36. The van der Waals surface area contributed by atoms with Crippen LogP contribution in [-0.4, -0.2) is 41.2 Å². The summed E-state index contributed by atoms with van der Waals surface area (Å²) in [5.41, 5.74) is 7.54. The number of allylic oxidation sites excluding steroid dienone is 1. The Labute approximate surface area is 239 Å². The Hall–Kier alpha value is -5.83. The van der Waals surface area contributed by atoms with Gasteiger partial charge in [-0.1, -0.05) is 30.6 Å². The van der Waals surface area contributed by atoms with Crippen molar-refractivity contribution in [1.29, 1.82) is 0 Å². The van der Waals surface area contributed by atoms with Crippen LogP contribution in [0.15, 0.2) is 77.3 Å². The first kappa shape index (κ1) is 27.7. The van der Waals surface area contributed by atoms with Gasteiger partial charge >= 0.3 is 0 Å². The zero-order valence-corrected chi connectivity index (χ0v) is 23.0. The van der Waals surface area contributed by atoms with E-state index < -0.39 is 23.3 Å². The summed E-state index contributed by atoms with van der Waals surface area (Å²) in [7, 11) is 3.39. The molecule has 0 bridgehead atoms. The molecule has 0 aliphatic carbocycles. The number of nitrogens with zero attached hydrogens (tertiary/aromatic N) is 7. The Morgan fingerprint density at radius 3 is 2.64 bits per heavy atom. The number of aryl methyl sites for hydroxylation is 2. The highest BCUT2D eigenvalue weighted by Gasteiger charge is 2.25. The van der Waals surface area contributed by atoms with Crippen molar-refractivity contribution in [3.05, 3.63) is 106 Å². The van der Waals surface area contributed by atoms with Crippen LogP contribution in [0.2, 0.25) is 0 Å². The maximum atomic E-state index is 14.1. The van der Waals surface area contributed by atoms with Gasteiger partial charge < -0.3 is 11.1 Å². The molecule has 1 unspecified atom stereocenters. The van der Waals surface area contributed by atoms with Crippen molar-refractivity contribution in [2.75, 3.05) is 5.73 Å². The number of nitrogen functional groups attached to an aromatic ring is 1. The third kappa shape index (κ3) is 5.31. The number of carbonyl (C=O) groups excluding carboxylic acids is 1. The van der Waals surface area contributed by atoms with Crippen LogP contribution in [0.5, 0.6) is 0 Å². The van der Waals surface area contributed by atoms with E-state index in [1.54, 1.807) is 56.3 Å². The summed E-state index contributed by atoms with van der Waals surface area (Å²) in [5.74, 6) is 5.47. The van der Waals surface area contributed by atoms with E-state index in [0.717, 1.165) is 0 Å². The first-order valence-electron chi connectivity index (χ1n) is 12.8. The lowest BCUT2D eigenvalue weighted by molar-refractivity contribution is 0.0939. The molecule has 0 aliphatic heterocycles. The van der Waals surface area contributed by atoms with Crippen LogP contribution >= 0.6 is 0 Å². The van der Waals surface area contributed by atoms with Crippen LogP contribution < -0.4 is 16.6 Å². The number of benzene rings is 2. The Morgan fingerprint density at radius 1 is 1.19 bits per heavy atom. The number of hydrogen-bond donors (Lipinski definition) is 2. The maximum absolute atomic E-state index is 14.1. The Balaban J connectivity index is 1.64. The fourth-order valence-corrected chi connectivity index (χ4v) is 4.46. The highest BCUT2D eigenvalue weighted by Crippen LogP contribution is 2.26. The van der Waals surface area contributed by atoms with Gasteiger partial charge in [-0.25, -0.2) is 19.0 Å². The molecule has 12 heteroatoms. The Kier molecular flexibility index (Phi) is 7.49. The number of halogens is 1. The van der Waals surface area contributed by atoms with E-state index in [2.05, 4.69) is 38.9 Å². The number of amides is 1. The summed E-state index contributed by atoms with van der Waals surface area (Å²) >= 11 is 0. The summed E-state index contributed by atoms with van der Waals surface area (Å²) in [6, 6.07) is 9.78. The summed E-state index contributed by atoms with van der Waals surface area (Å²) in [6.07, 6.45) is 6.27. The van der Waals surface area contributed by atoms with Gasteiger partial charge in [-0.05, 0) is 43.3 Å². The van der Waals surface area contributed by atoms with Gasteiger partial charge in [0.15, 0.2) is 11.6 Å². The standard InChI is InChI=1S/C30H26FN9O2/c1-5-15-33-28-25(26(32)37-39(28)4)29(41)35-18(2)27-36-23-8-6-7-20(10-9-19-16-34-38(3)17-19)24(23)30(42)40(27)22-13-11-21(31)12-14-22/h5-8,11-18H,1H2,2-4H3,(H2,32,37)(H,35,41)/b33-15-. The second kappa shape index (κ2) is 11.3. The van der Waals surface area contributed by atoms with E-state index in [0.29, 0.717) is 22.3 Å². The minimum Gasteiger partial charge on any atom is -0.381 e. The molecule has 3 heterocycles.